The molecule has 11 heteroatoms. The summed E-state index contributed by atoms with van der Waals surface area (Å²) in [5.41, 5.74) is 6.29. The number of likely N-dealkylation sites (tertiary alicyclic amines) is 2. The molecule has 0 aromatic carbocycles. The van der Waals surface area contributed by atoms with E-state index in [4.69, 9.17) is 4.74 Å². The molecule has 2 saturated carbocycles. The summed E-state index contributed by atoms with van der Waals surface area (Å²) in [5.74, 6) is -2.35. The van der Waals surface area contributed by atoms with Crippen LogP contribution in [-0.2, 0) is 9.53 Å². The number of nitriles is 1. The number of hydrogen-bond donors (Lipinski definition) is 2. The summed E-state index contributed by atoms with van der Waals surface area (Å²) in [6, 6.07) is 2.43. The van der Waals surface area contributed by atoms with Crippen LogP contribution < -0.4 is 10.9 Å². The maximum atomic E-state index is 14.5. The van der Waals surface area contributed by atoms with E-state index in [1.807, 2.05) is 11.8 Å². The molecular formula is C30H47F3N6O2. The predicted octanol–water partition coefficient (Wildman–Crippen LogP) is 3.56. The van der Waals surface area contributed by atoms with E-state index in [-0.39, 0.29) is 47.8 Å². The van der Waals surface area contributed by atoms with Crippen molar-refractivity contribution in [2.75, 3.05) is 53.1 Å². The Morgan fingerprint density at radius 3 is 2.51 bits per heavy atom. The third-order valence-corrected chi connectivity index (χ3v) is 11.8. The predicted molar refractivity (Wildman–Crippen MR) is 147 cm³/mol. The highest BCUT2D eigenvalue weighted by molar-refractivity contribution is 5.82. The summed E-state index contributed by atoms with van der Waals surface area (Å²) < 4.78 is 49.1. The Kier molecular flexibility index (Phi) is 8.12. The summed E-state index contributed by atoms with van der Waals surface area (Å²) in [6.07, 6.45) is 2.90. The van der Waals surface area contributed by atoms with Gasteiger partial charge in [-0.05, 0) is 96.2 Å². The Balaban J connectivity index is 1.13. The van der Waals surface area contributed by atoms with E-state index >= 15 is 0 Å². The van der Waals surface area contributed by atoms with E-state index in [2.05, 4.69) is 33.8 Å². The average Bonchev–Trinajstić information content (AvgIpc) is 3.49. The van der Waals surface area contributed by atoms with Gasteiger partial charge < -0.3 is 14.5 Å². The van der Waals surface area contributed by atoms with Gasteiger partial charge in [0.2, 0.25) is 5.91 Å². The fourth-order valence-electron chi connectivity index (χ4n) is 9.06. The molecule has 230 valence electrons. The summed E-state index contributed by atoms with van der Waals surface area (Å²) in [6.45, 7) is 6.52. The number of nitrogens with zero attached hydrogens (tertiary/aromatic N) is 4. The molecule has 2 N–H and O–H groups in total. The van der Waals surface area contributed by atoms with Gasteiger partial charge in [-0.2, -0.15) is 18.4 Å². The number of alkyl halides is 3. The van der Waals surface area contributed by atoms with E-state index in [1.165, 1.54) is 0 Å². The standard InChI is InChI=1S/C30H47F3N6O2/c1-28(16-34)6-8-38(9-7-28)14-20-10-23-24(25(11-20)30(31,32)33)15-39(27(23)40)22-5-3-4-21(12-22)29(17-41-18-29)13-26-36-35-19-37(26)2/h20-26,35-36H,3-15,17-19H2,1-2H3. The number of carbonyl (C=O) groups excluding carboxylic acids is 1. The van der Waals surface area contributed by atoms with Gasteiger partial charge in [-0.15, -0.1) is 0 Å². The SMILES string of the molecule is CN1CNNC1CC1(C2CCCC(N3CC4C(CC(CN5CCC(C)(C#N)CC5)CC4C(F)(F)F)C3=O)C2)COC1. The Bertz CT molecular complexity index is 1010. The maximum absolute atomic E-state index is 14.5. The fourth-order valence-corrected chi connectivity index (χ4v) is 9.06. The molecule has 6 rings (SSSR count). The quantitative estimate of drug-likeness (QED) is 0.497. The Hall–Kier alpha value is -1.45. The minimum atomic E-state index is -4.30. The van der Waals surface area contributed by atoms with Gasteiger partial charge in [-0.25, -0.2) is 10.9 Å². The monoisotopic (exact) mass is 580 g/mol. The number of halogens is 3. The van der Waals surface area contributed by atoms with Crippen LogP contribution in [0.25, 0.3) is 0 Å². The van der Waals surface area contributed by atoms with Crippen LogP contribution in [0.3, 0.4) is 0 Å². The van der Waals surface area contributed by atoms with E-state index < -0.39 is 23.9 Å². The third-order valence-electron chi connectivity index (χ3n) is 11.8. The van der Waals surface area contributed by atoms with E-state index in [0.717, 1.165) is 77.9 Å². The van der Waals surface area contributed by atoms with E-state index in [9.17, 15) is 23.2 Å². The van der Waals surface area contributed by atoms with Crippen molar-refractivity contribution in [3.63, 3.8) is 0 Å². The molecule has 0 aromatic heterocycles. The molecule has 6 aliphatic rings. The highest BCUT2D eigenvalue weighted by atomic mass is 19.4. The lowest BCUT2D eigenvalue weighted by atomic mass is 9.64. The van der Waals surface area contributed by atoms with Gasteiger partial charge in [0.1, 0.15) is 0 Å². The van der Waals surface area contributed by atoms with Gasteiger partial charge in [0.05, 0.1) is 43.5 Å². The number of hydrazine groups is 1. The molecule has 0 spiro atoms. The molecule has 0 aromatic rings. The lowest BCUT2D eigenvalue weighted by Crippen LogP contribution is -2.56. The normalized spacial score (nSPS) is 39.8. The first-order valence-corrected chi connectivity index (χ1v) is 15.8. The molecule has 7 unspecified atom stereocenters. The Labute approximate surface area is 242 Å². The molecule has 7 atom stereocenters. The molecule has 41 heavy (non-hydrogen) atoms. The highest BCUT2D eigenvalue weighted by Gasteiger charge is 2.58. The van der Waals surface area contributed by atoms with Crippen LogP contribution in [-0.4, -0.2) is 92.1 Å². The zero-order valence-corrected chi connectivity index (χ0v) is 24.6. The first-order chi connectivity index (χ1) is 19.5. The van der Waals surface area contributed by atoms with Crippen LogP contribution in [0.1, 0.15) is 64.7 Å². The zero-order valence-electron chi connectivity index (χ0n) is 24.6. The number of carbonyl (C=O) groups is 1. The molecule has 1 amide bonds. The van der Waals surface area contributed by atoms with Crippen LogP contribution in [0.5, 0.6) is 0 Å². The van der Waals surface area contributed by atoms with Crippen LogP contribution >= 0.6 is 0 Å². The topological polar surface area (TPSA) is 83.9 Å². The van der Waals surface area contributed by atoms with Crippen molar-refractivity contribution in [1.29, 1.82) is 5.26 Å². The van der Waals surface area contributed by atoms with Crippen molar-refractivity contribution < 1.29 is 22.7 Å². The molecule has 6 fully saturated rings. The van der Waals surface area contributed by atoms with Crippen molar-refractivity contribution in [1.82, 2.24) is 25.6 Å². The first kappa shape index (κ1) is 29.6. The maximum Gasteiger partial charge on any atom is 0.392 e. The number of ether oxygens (including phenoxy) is 1. The minimum Gasteiger partial charge on any atom is -0.380 e. The van der Waals surface area contributed by atoms with Crippen LogP contribution in [0.15, 0.2) is 0 Å². The second-order valence-corrected chi connectivity index (χ2v) is 14.5. The molecule has 4 heterocycles. The van der Waals surface area contributed by atoms with E-state index in [1.54, 1.807) is 0 Å². The smallest absolute Gasteiger partial charge is 0.380 e. The van der Waals surface area contributed by atoms with Crippen molar-refractivity contribution in [2.45, 2.75) is 83.1 Å². The third kappa shape index (κ3) is 5.76. The fraction of sp³-hybridized carbons (Fsp3) is 0.933. The van der Waals surface area contributed by atoms with Crippen molar-refractivity contribution in [2.24, 2.45) is 40.4 Å². The van der Waals surface area contributed by atoms with Crippen LogP contribution in [0.4, 0.5) is 13.2 Å². The largest absolute Gasteiger partial charge is 0.392 e. The molecule has 4 saturated heterocycles. The van der Waals surface area contributed by atoms with Gasteiger partial charge in [-0.1, -0.05) is 6.42 Å². The van der Waals surface area contributed by atoms with Gasteiger partial charge >= 0.3 is 6.18 Å². The van der Waals surface area contributed by atoms with Gasteiger partial charge in [-0.3, -0.25) is 9.69 Å². The average molecular weight is 581 g/mol. The summed E-state index contributed by atoms with van der Waals surface area (Å²) >= 11 is 0. The Morgan fingerprint density at radius 1 is 1.15 bits per heavy atom. The minimum absolute atomic E-state index is 0.0230. The molecule has 8 nitrogen and oxygen atoms in total. The zero-order chi connectivity index (χ0) is 29.0. The number of nitrogens with one attached hydrogen (secondary N) is 2. The lowest BCUT2D eigenvalue weighted by Gasteiger charge is -2.52. The number of piperidine rings is 1. The second kappa shape index (κ2) is 11.2. The second-order valence-electron chi connectivity index (χ2n) is 14.5. The number of fused-ring (bicyclic) bond motifs is 1. The number of amides is 1. The van der Waals surface area contributed by atoms with Gasteiger partial charge in [0.25, 0.3) is 0 Å². The summed E-state index contributed by atoms with van der Waals surface area (Å²) in [5, 5.41) is 9.45. The van der Waals surface area contributed by atoms with Crippen molar-refractivity contribution in [3.05, 3.63) is 0 Å². The van der Waals surface area contributed by atoms with Crippen LogP contribution in [0, 0.1) is 51.8 Å². The molecular weight excluding hydrogens is 533 g/mol. The van der Waals surface area contributed by atoms with E-state index in [0.29, 0.717) is 18.9 Å². The lowest BCUT2D eigenvalue weighted by molar-refractivity contribution is -0.204. The number of hydrogen-bond acceptors (Lipinski definition) is 7. The molecule has 2 aliphatic carbocycles. The first-order valence-electron chi connectivity index (χ1n) is 15.8. The van der Waals surface area contributed by atoms with Crippen molar-refractivity contribution in [3.8, 4) is 6.07 Å². The molecule has 4 aliphatic heterocycles. The molecule has 0 bridgehead atoms. The molecule has 0 radical (unpaired) electrons. The summed E-state index contributed by atoms with van der Waals surface area (Å²) in [4.78, 5) is 20.3. The number of rotatable bonds is 6. The summed E-state index contributed by atoms with van der Waals surface area (Å²) in [7, 11) is 2.10. The van der Waals surface area contributed by atoms with Gasteiger partial charge in [0, 0.05) is 30.5 Å². The highest BCUT2D eigenvalue weighted by Crippen LogP contribution is 2.53. The van der Waals surface area contributed by atoms with Crippen molar-refractivity contribution >= 4 is 5.91 Å². The van der Waals surface area contributed by atoms with Gasteiger partial charge in [0.15, 0.2) is 0 Å². The Morgan fingerprint density at radius 2 is 1.90 bits per heavy atom. The van der Waals surface area contributed by atoms with Crippen LogP contribution in [0.2, 0.25) is 0 Å².